The lowest BCUT2D eigenvalue weighted by atomic mass is 10.1. The smallest absolute Gasteiger partial charge is 0.294 e. The molecule has 3 heterocycles. The van der Waals surface area contributed by atoms with E-state index in [1.165, 1.54) is 11.3 Å². The van der Waals surface area contributed by atoms with E-state index in [1.807, 2.05) is 25.3 Å². The third-order valence-corrected chi connectivity index (χ3v) is 4.74. The molecule has 0 unspecified atom stereocenters. The molecule has 0 spiro atoms. The van der Waals surface area contributed by atoms with Crippen LogP contribution in [0.25, 0.3) is 27.4 Å². The van der Waals surface area contributed by atoms with Crippen LogP contribution in [0.1, 0.15) is 5.56 Å². The number of ether oxygens (including phenoxy) is 3. The van der Waals surface area contributed by atoms with Gasteiger partial charge in [-0.15, -0.1) is 5.10 Å². The monoisotopic (exact) mass is 345 g/mol. The second-order valence-electron chi connectivity index (χ2n) is 5.18. The minimum atomic E-state index is 0.566. The predicted octanol–water partition coefficient (Wildman–Crippen LogP) is 3.54. The Kier molecular flexibility index (Phi) is 3.34. The highest BCUT2D eigenvalue weighted by Gasteiger charge is 2.20. The van der Waals surface area contributed by atoms with E-state index in [9.17, 15) is 0 Å². The summed E-state index contributed by atoms with van der Waals surface area (Å²) in [5, 5.41) is 5.76. The minimum Gasteiger partial charge on any atom is -0.496 e. The average molecular weight is 345 g/mol. The van der Waals surface area contributed by atoms with Crippen LogP contribution >= 0.6 is 11.3 Å². The summed E-state index contributed by atoms with van der Waals surface area (Å²) in [7, 11) is 4.82. The number of imidazole rings is 1. The molecule has 0 aliphatic carbocycles. The van der Waals surface area contributed by atoms with Gasteiger partial charge in [-0.25, -0.2) is 9.50 Å². The van der Waals surface area contributed by atoms with E-state index < -0.39 is 0 Å². The van der Waals surface area contributed by atoms with E-state index in [0.717, 1.165) is 15.9 Å². The molecule has 4 aromatic rings. The fourth-order valence-electron chi connectivity index (χ4n) is 2.71. The number of fused-ring (bicyclic) bond motifs is 2. The summed E-state index contributed by atoms with van der Waals surface area (Å²) in [6, 6.07) is 3.68. The molecule has 24 heavy (non-hydrogen) atoms. The molecule has 0 saturated heterocycles. The van der Waals surface area contributed by atoms with Crippen molar-refractivity contribution in [2.24, 2.45) is 0 Å². The van der Waals surface area contributed by atoms with E-state index in [-0.39, 0.29) is 0 Å². The molecule has 0 radical (unpaired) electrons. The second kappa shape index (κ2) is 5.41. The predicted molar refractivity (Wildman–Crippen MR) is 90.5 cm³/mol. The number of hydrogen-bond donors (Lipinski definition) is 0. The first kappa shape index (κ1) is 14.8. The lowest BCUT2D eigenvalue weighted by Crippen LogP contribution is -1.88. The van der Waals surface area contributed by atoms with Crippen LogP contribution in [0.2, 0.25) is 0 Å². The Labute approximate surface area is 141 Å². The van der Waals surface area contributed by atoms with Gasteiger partial charge < -0.3 is 18.6 Å². The van der Waals surface area contributed by atoms with Crippen molar-refractivity contribution in [2.45, 2.75) is 6.92 Å². The fourth-order valence-corrected chi connectivity index (χ4v) is 3.41. The molecule has 0 N–H and O–H groups in total. The standard InChI is InChI=1S/C16H15N3O4S/c1-8-13-11(21-3)5-9(20-2)6-12(13)23-14(8)10-7-19-15(17-10)24-16(18-19)22-4/h5-7H,1-4H3. The van der Waals surface area contributed by atoms with Crippen molar-refractivity contribution in [3.63, 3.8) is 0 Å². The van der Waals surface area contributed by atoms with Crippen molar-refractivity contribution in [2.75, 3.05) is 21.3 Å². The zero-order valence-electron chi connectivity index (χ0n) is 13.6. The zero-order chi connectivity index (χ0) is 16.8. The van der Waals surface area contributed by atoms with Crippen LogP contribution in [0.4, 0.5) is 0 Å². The number of furan rings is 1. The van der Waals surface area contributed by atoms with Crippen molar-refractivity contribution in [1.29, 1.82) is 0 Å². The van der Waals surface area contributed by atoms with E-state index in [4.69, 9.17) is 18.6 Å². The Balaban J connectivity index is 1.91. The molecule has 124 valence electrons. The van der Waals surface area contributed by atoms with Crippen molar-refractivity contribution in [3.05, 3.63) is 23.9 Å². The molecular formula is C16H15N3O4S. The zero-order valence-corrected chi connectivity index (χ0v) is 14.4. The summed E-state index contributed by atoms with van der Waals surface area (Å²) >= 11 is 1.37. The first-order valence-electron chi connectivity index (χ1n) is 7.20. The summed E-state index contributed by atoms with van der Waals surface area (Å²) in [6.45, 7) is 1.98. The van der Waals surface area contributed by atoms with Crippen LogP contribution in [-0.2, 0) is 0 Å². The van der Waals surface area contributed by atoms with Crippen LogP contribution in [0.5, 0.6) is 16.7 Å². The van der Waals surface area contributed by atoms with Gasteiger partial charge in [0.05, 0.1) is 32.9 Å². The molecule has 3 aromatic heterocycles. The van der Waals surface area contributed by atoms with Crippen LogP contribution in [0.3, 0.4) is 0 Å². The van der Waals surface area contributed by atoms with Crippen LogP contribution in [0, 0.1) is 6.92 Å². The Hall–Kier alpha value is -2.74. The second-order valence-corrected chi connectivity index (χ2v) is 6.10. The maximum Gasteiger partial charge on any atom is 0.294 e. The molecule has 8 heteroatoms. The number of aromatic nitrogens is 3. The van der Waals surface area contributed by atoms with E-state index >= 15 is 0 Å². The van der Waals surface area contributed by atoms with Crippen LogP contribution in [-0.4, -0.2) is 35.9 Å². The molecule has 7 nitrogen and oxygen atoms in total. The molecule has 0 fully saturated rings. The highest BCUT2D eigenvalue weighted by Crippen LogP contribution is 2.40. The van der Waals surface area contributed by atoms with Gasteiger partial charge in [0.1, 0.15) is 22.8 Å². The van der Waals surface area contributed by atoms with Crippen LogP contribution in [0.15, 0.2) is 22.7 Å². The summed E-state index contributed by atoms with van der Waals surface area (Å²) in [4.78, 5) is 5.32. The summed E-state index contributed by atoms with van der Waals surface area (Å²) in [5.74, 6) is 2.07. The first-order chi connectivity index (χ1) is 11.6. The van der Waals surface area contributed by atoms with Gasteiger partial charge in [0.25, 0.3) is 5.19 Å². The normalized spacial score (nSPS) is 11.3. The Morgan fingerprint density at radius 1 is 1.12 bits per heavy atom. The van der Waals surface area contributed by atoms with Crippen molar-refractivity contribution < 1.29 is 18.6 Å². The topological polar surface area (TPSA) is 71.0 Å². The van der Waals surface area contributed by atoms with Gasteiger partial charge in [0.2, 0.25) is 4.96 Å². The molecule has 4 rings (SSSR count). The number of aryl methyl sites for hydroxylation is 1. The average Bonchev–Trinajstić information content (AvgIpc) is 3.24. The van der Waals surface area contributed by atoms with Gasteiger partial charge in [-0.05, 0) is 18.3 Å². The fraction of sp³-hybridized carbons (Fsp3) is 0.250. The highest BCUT2D eigenvalue weighted by molar-refractivity contribution is 7.18. The van der Waals surface area contributed by atoms with Gasteiger partial charge in [0.15, 0.2) is 5.76 Å². The third-order valence-electron chi connectivity index (χ3n) is 3.85. The molecule has 0 aliphatic heterocycles. The molecule has 0 bridgehead atoms. The Morgan fingerprint density at radius 3 is 2.62 bits per heavy atom. The van der Waals surface area contributed by atoms with Crippen molar-refractivity contribution >= 4 is 27.3 Å². The van der Waals surface area contributed by atoms with Gasteiger partial charge in [-0.1, -0.05) is 0 Å². The van der Waals surface area contributed by atoms with Gasteiger partial charge >= 0.3 is 0 Å². The third kappa shape index (κ3) is 2.10. The maximum atomic E-state index is 6.04. The van der Waals surface area contributed by atoms with Gasteiger partial charge in [-0.2, -0.15) is 0 Å². The van der Waals surface area contributed by atoms with Crippen LogP contribution < -0.4 is 14.2 Å². The number of hydrogen-bond acceptors (Lipinski definition) is 7. The van der Waals surface area contributed by atoms with Crippen molar-refractivity contribution in [3.8, 4) is 28.1 Å². The molecule has 0 atom stereocenters. The number of rotatable bonds is 4. The maximum absolute atomic E-state index is 6.04. The highest BCUT2D eigenvalue weighted by atomic mass is 32.1. The minimum absolute atomic E-state index is 0.566. The summed E-state index contributed by atoms with van der Waals surface area (Å²) in [6.07, 6.45) is 1.82. The largest absolute Gasteiger partial charge is 0.496 e. The molecule has 0 amide bonds. The van der Waals surface area contributed by atoms with E-state index in [1.54, 1.807) is 25.8 Å². The molecular weight excluding hydrogens is 330 g/mol. The summed E-state index contributed by atoms with van der Waals surface area (Å²) < 4.78 is 23.6. The number of nitrogens with zero attached hydrogens (tertiary/aromatic N) is 3. The Morgan fingerprint density at radius 2 is 1.96 bits per heavy atom. The summed E-state index contributed by atoms with van der Waals surface area (Å²) in [5.41, 5.74) is 2.37. The SMILES string of the molecule is COc1cc(OC)c2c(C)c(-c3cn4nc(OC)sc4n3)oc2c1. The quantitative estimate of drug-likeness (QED) is 0.563. The lowest BCUT2D eigenvalue weighted by molar-refractivity contribution is 0.397. The van der Waals surface area contributed by atoms with Crippen molar-refractivity contribution in [1.82, 2.24) is 14.6 Å². The Bertz CT molecular complexity index is 1020. The van der Waals surface area contributed by atoms with Gasteiger partial charge in [-0.3, -0.25) is 0 Å². The molecule has 1 aromatic carbocycles. The number of benzene rings is 1. The van der Waals surface area contributed by atoms with E-state index in [2.05, 4.69) is 10.1 Å². The molecule has 0 aliphatic rings. The lowest BCUT2D eigenvalue weighted by Gasteiger charge is -2.05. The van der Waals surface area contributed by atoms with Gasteiger partial charge in [0, 0.05) is 17.7 Å². The van der Waals surface area contributed by atoms with E-state index in [0.29, 0.717) is 33.7 Å². The molecule has 0 saturated carbocycles. The first-order valence-corrected chi connectivity index (χ1v) is 8.02. The number of methoxy groups -OCH3 is 3.